The lowest BCUT2D eigenvalue weighted by molar-refractivity contribution is 0.0225. The lowest BCUT2D eigenvalue weighted by Crippen LogP contribution is -2.35. The van der Waals surface area contributed by atoms with Crippen molar-refractivity contribution in [1.82, 2.24) is 15.1 Å². The predicted molar refractivity (Wildman–Crippen MR) is 82.3 cm³/mol. The molecule has 0 radical (unpaired) electrons. The molecule has 1 N–H and O–H groups in total. The maximum Gasteiger partial charge on any atom is 0.0762 e. The van der Waals surface area contributed by atoms with Crippen molar-refractivity contribution in [3.05, 3.63) is 18.0 Å². The summed E-state index contributed by atoms with van der Waals surface area (Å²) in [6, 6.07) is 2.03. The molecule has 0 atom stereocenters. The highest BCUT2D eigenvalue weighted by Crippen LogP contribution is 2.02. The van der Waals surface area contributed by atoms with Gasteiger partial charge in [-0.25, -0.2) is 0 Å². The van der Waals surface area contributed by atoms with E-state index in [4.69, 9.17) is 14.2 Å². The molecule has 6 nitrogen and oxygen atoms in total. The molecule has 0 bridgehead atoms. The van der Waals surface area contributed by atoms with E-state index in [1.807, 2.05) is 16.9 Å². The van der Waals surface area contributed by atoms with Crippen LogP contribution in [0, 0.1) is 0 Å². The van der Waals surface area contributed by atoms with Gasteiger partial charge in [-0.15, -0.1) is 0 Å². The van der Waals surface area contributed by atoms with Crippen LogP contribution in [0.2, 0.25) is 0 Å². The lowest BCUT2D eigenvalue weighted by Gasteiger charge is -2.19. The van der Waals surface area contributed by atoms with E-state index in [9.17, 15) is 0 Å². The molecular weight excluding hydrogens is 270 g/mol. The number of nitrogens with one attached hydrogen (secondary N) is 1. The maximum atomic E-state index is 5.50. The minimum absolute atomic E-state index is 0.107. The molecule has 0 saturated carbocycles. The first kappa shape index (κ1) is 18.1. The zero-order chi connectivity index (χ0) is 15.6. The summed E-state index contributed by atoms with van der Waals surface area (Å²) in [5.41, 5.74) is 1.16. The van der Waals surface area contributed by atoms with E-state index in [0.717, 1.165) is 18.8 Å². The first-order valence-electron chi connectivity index (χ1n) is 7.43. The number of rotatable bonds is 11. The second kappa shape index (κ2) is 9.89. The van der Waals surface area contributed by atoms with Crippen molar-refractivity contribution in [2.75, 3.05) is 40.1 Å². The molecule has 1 rings (SSSR count). The van der Waals surface area contributed by atoms with Gasteiger partial charge in [0.2, 0.25) is 0 Å². The van der Waals surface area contributed by atoms with Crippen LogP contribution in [0.5, 0.6) is 0 Å². The monoisotopic (exact) mass is 299 g/mol. The van der Waals surface area contributed by atoms with E-state index in [-0.39, 0.29) is 5.54 Å². The smallest absolute Gasteiger partial charge is 0.0762 e. The molecule has 1 aromatic heterocycles. The second-order valence-electron chi connectivity index (χ2n) is 5.89. The molecule has 122 valence electrons. The van der Waals surface area contributed by atoms with Crippen molar-refractivity contribution in [3.63, 3.8) is 0 Å². The number of aromatic nitrogens is 2. The van der Waals surface area contributed by atoms with Gasteiger partial charge < -0.3 is 19.5 Å². The third-order valence-corrected chi connectivity index (χ3v) is 2.76. The van der Waals surface area contributed by atoms with Gasteiger partial charge in [-0.2, -0.15) is 5.10 Å². The topological polar surface area (TPSA) is 57.5 Å². The van der Waals surface area contributed by atoms with Crippen LogP contribution in [-0.2, 0) is 27.3 Å². The zero-order valence-electron chi connectivity index (χ0n) is 13.7. The third-order valence-electron chi connectivity index (χ3n) is 2.76. The van der Waals surface area contributed by atoms with Crippen molar-refractivity contribution in [2.24, 2.45) is 0 Å². The maximum absolute atomic E-state index is 5.50. The van der Waals surface area contributed by atoms with Gasteiger partial charge in [0.1, 0.15) is 0 Å². The number of ether oxygens (including phenoxy) is 3. The van der Waals surface area contributed by atoms with Gasteiger partial charge in [-0.1, -0.05) is 0 Å². The Kier molecular flexibility index (Phi) is 8.52. The molecule has 0 aliphatic heterocycles. The normalized spacial score (nSPS) is 12.0. The van der Waals surface area contributed by atoms with E-state index in [0.29, 0.717) is 33.0 Å². The fraction of sp³-hybridized carbons (Fsp3) is 0.800. The van der Waals surface area contributed by atoms with Gasteiger partial charge in [0, 0.05) is 25.4 Å². The number of methoxy groups -OCH3 is 1. The Balaban J connectivity index is 2.06. The molecule has 0 amide bonds. The van der Waals surface area contributed by atoms with E-state index < -0.39 is 0 Å². The van der Waals surface area contributed by atoms with Crippen LogP contribution in [0.15, 0.2) is 12.3 Å². The summed E-state index contributed by atoms with van der Waals surface area (Å²) in [5, 5.41) is 7.92. The standard InChI is InChI=1S/C15H29N3O3/c1-15(2,3)16-13-14-5-6-18(17-14)7-8-20-11-12-21-10-9-19-4/h5-6,16H,7-13H2,1-4H3. The highest BCUT2D eigenvalue weighted by atomic mass is 16.5. The summed E-state index contributed by atoms with van der Waals surface area (Å²) in [6.07, 6.45) is 1.98. The number of nitrogens with zero attached hydrogens (tertiary/aromatic N) is 2. The highest BCUT2D eigenvalue weighted by molar-refractivity contribution is 4.99. The van der Waals surface area contributed by atoms with Gasteiger partial charge in [0.15, 0.2) is 0 Å². The van der Waals surface area contributed by atoms with Crippen LogP contribution in [0.25, 0.3) is 0 Å². The van der Waals surface area contributed by atoms with Crippen molar-refractivity contribution < 1.29 is 14.2 Å². The Morgan fingerprint density at radius 1 is 1.10 bits per heavy atom. The van der Waals surface area contributed by atoms with Crippen LogP contribution >= 0.6 is 0 Å². The first-order valence-corrected chi connectivity index (χ1v) is 7.43. The number of hydrogen-bond acceptors (Lipinski definition) is 5. The zero-order valence-corrected chi connectivity index (χ0v) is 13.7. The van der Waals surface area contributed by atoms with Crippen molar-refractivity contribution >= 4 is 0 Å². The minimum Gasteiger partial charge on any atom is -0.382 e. The summed E-state index contributed by atoms with van der Waals surface area (Å²) in [6.45, 7) is 11.1. The molecule has 0 saturated heterocycles. The molecule has 0 aliphatic carbocycles. The SMILES string of the molecule is COCCOCCOCCn1ccc(CNC(C)(C)C)n1. The van der Waals surface area contributed by atoms with Crippen LogP contribution in [-0.4, -0.2) is 55.5 Å². The van der Waals surface area contributed by atoms with Crippen LogP contribution in [0.1, 0.15) is 26.5 Å². The molecule has 1 aromatic rings. The Hall–Kier alpha value is -0.950. The quantitative estimate of drug-likeness (QED) is 0.627. The lowest BCUT2D eigenvalue weighted by atomic mass is 10.1. The fourth-order valence-electron chi connectivity index (χ4n) is 1.60. The second-order valence-corrected chi connectivity index (χ2v) is 5.89. The summed E-state index contributed by atoms with van der Waals surface area (Å²) < 4.78 is 17.6. The Labute approximate surface area is 127 Å². The van der Waals surface area contributed by atoms with E-state index >= 15 is 0 Å². The van der Waals surface area contributed by atoms with E-state index in [1.165, 1.54) is 0 Å². The molecule has 0 spiro atoms. The van der Waals surface area contributed by atoms with Gasteiger partial charge in [0.05, 0.1) is 45.3 Å². The molecular formula is C15H29N3O3. The Morgan fingerprint density at radius 3 is 2.43 bits per heavy atom. The Bertz CT molecular complexity index is 374. The van der Waals surface area contributed by atoms with E-state index in [1.54, 1.807) is 7.11 Å². The summed E-state index contributed by atoms with van der Waals surface area (Å²) in [5.74, 6) is 0. The minimum atomic E-state index is 0.107. The van der Waals surface area contributed by atoms with E-state index in [2.05, 4.69) is 31.2 Å². The van der Waals surface area contributed by atoms with Gasteiger partial charge >= 0.3 is 0 Å². The first-order chi connectivity index (χ1) is 10.0. The molecule has 1 heterocycles. The summed E-state index contributed by atoms with van der Waals surface area (Å²) >= 11 is 0. The van der Waals surface area contributed by atoms with Crippen molar-refractivity contribution in [1.29, 1.82) is 0 Å². The Morgan fingerprint density at radius 2 is 1.76 bits per heavy atom. The summed E-state index contributed by atoms with van der Waals surface area (Å²) in [7, 11) is 1.66. The van der Waals surface area contributed by atoms with Gasteiger partial charge in [-0.05, 0) is 26.8 Å². The highest BCUT2D eigenvalue weighted by Gasteiger charge is 2.09. The summed E-state index contributed by atoms with van der Waals surface area (Å²) in [4.78, 5) is 0. The van der Waals surface area contributed by atoms with Gasteiger partial charge in [-0.3, -0.25) is 4.68 Å². The third kappa shape index (κ3) is 9.57. The largest absolute Gasteiger partial charge is 0.382 e. The molecule has 6 heteroatoms. The van der Waals surface area contributed by atoms with Gasteiger partial charge in [0.25, 0.3) is 0 Å². The van der Waals surface area contributed by atoms with Crippen LogP contribution in [0.4, 0.5) is 0 Å². The average molecular weight is 299 g/mol. The molecule has 0 unspecified atom stereocenters. The molecule has 21 heavy (non-hydrogen) atoms. The van der Waals surface area contributed by atoms with Crippen molar-refractivity contribution in [2.45, 2.75) is 39.4 Å². The predicted octanol–water partition coefficient (Wildman–Crippen LogP) is 1.45. The average Bonchev–Trinajstić information content (AvgIpc) is 2.87. The molecule has 0 aliphatic rings. The van der Waals surface area contributed by atoms with Crippen LogP contribution < -0.4 is 5.32 Å². The number of hydrogen-bond donors (Lipinski definition) is 1. The van der Waals surface area contributed by atoms with Crippen LogP contribution in [0.3, 0.4) is 0 Å². The van der Waals surface area contributed by atoms with Crippen molar-refractivity contribution in [3.8, 4) is 0 Å². The fourth-order valence-corrected chi connectivity index (χ4v) is 1.60. The molecule has 0 aromatic carbocycles. The molecule has 0 fully saturated rings.